The van der Waals surface area contributed by atoms with Crippen LogP contribution in [0.3, 0.4) is 0 Å². The molecule has 0 radical (unpaired) electrons. The molecule has 1 aromatic rings. The lowest BCUT2D eigenvalue weighted by atomic mass is 10.2. The van der Waals surface area contributed by atoms with E-state index in [9.17, 15) is 0 Å². The van der Waals surface area contributed by atoms with Crippen LogP contribution in [0.4, 0.5) is 11.4 Å². The molecular formula is C14H25N3S2. The van der Waals surface area contributed by atoms with Gasteiger partial charge in [0, 0.05) is 42.5 Å². The molecule has 19 heavy (non-hydrogen) atoms. The van der Waals surface area contributed by atoms with Crippen LogP contribution in [-0.2, 0) is 0 Å². The summed E-state index contributed by atoms with van der Waals surface area (Å²) in [5.41, 5.74) is 13.3. The van der Waals surface area contributed by atoms with Gasteiger partial charge < -0.3 is 16.4 Å². The third-order valence-electron chi connectivity index (χ3n) is 2.77. The number of nitrogens with zero attached hydrogens (tertiary/aromatic N) is 1. The van der Waals surface area contributed by atoms with Crippen LogP contribution in [-0.4, -0.2) is 31.1 Å². The Morgan fingerprint density at radius 2 is 1.74 bits per heavy atom. The molecule has 0 fully saturated rings. The highest BCUT2D eigenvalue weighted by atomic mass is 33.1. The summed E-state index contributed by atoms with van der Waals surface area (Å²) < 4.78 is 0. The number of benzene rings is 1. The molecule has 0 aliphatic carbocycles. The van der Waals surface area contributed by atoms with E-state index in [0.717, 1.165) is 36.8 Å². The molecule has 0 atom stereocenters. The Balaban J connectivity index is 2.44. The molecule has 0 aliphatic heterocycles. The summed E-state index contributed by atoms with van der Waals surface area (Å²) in [6.07, 6.45) is 2.45. The van der Waals surface area contributed by atoms with Gasteiger partial charge in [0.25, 0.3) is 0 Å². The maximum Gasteiger partial charge on any atom is 0.0367 e. The smallest absolute Gasteiger partial charge is 0.0367 e. The molecule has 4 N–H and O–H groups in total. The molecule has 0 saturated heterocycles. The summed E-state index contributed by atoms with van der Waals surface area (Å²) in [4.78, 5) is 2.44. The van der Waals surface area contributed by atoms with Crippen LogP contribution in [0.2, 0.25) is 0 Å². The van der Waals surface area contributed by atoms with Gasteiger partial charge in [0.2, 0.25) is 0 Å². The van der Waals surface area contributed by atoms with E-state index in [2.05, 4.69) is 24.0 Å². The number of anilines is 2. The van der Waals surface area contributed by atoms with Crippen LogP contribution in [0, 0.1) is 0 Å². The second-order valence-electron chi connectivity index (χ2n) is 4.36. The Bertz CT molecular complexity index is 330. The predicted octanol–water partition coefficient (Wildman–Crippen LogP) is 3.22. The van der Waals surface area contributed by atoms with Gasteiger partial charge in [-0.2, -0.15) is 0 Å². The Hall–Kier alpha value is -0.520. The summed E-state index contributed by atoms with van der Waals surface area (Å²) in [7, 11) is 3.77. The quantitative estimate of drug-likeness (QED) is 0.395. The van der Waals surface area contributed by atoms with E-state index in [4.69, 9.17) is 11.5 Å². The highest BCUT2D eigenvalue weighted by Gasteiger charge is 2.05. The first kappa shape index (κ1) is 16.5. The van der Waals surface area contributed by atoms with E-state index in [0.29, 0.717) is 0 Å². The number of hydrogen-bond donors (Lipinski definition) is 2. The molecule has 108 valence electrons. The van der Waals surface area contributed by atoms with Crippen LogP contribution >= 0.6 is 21.6 Å². The summed E-state index contributed by atoms with van der Waals surface area (Å²) in [5.74, 6) is 2.15. The standard InChI is InChI=1S/C14H25N3S2/c1-2-3-9-17(10-12-19-18-11-8-15)14-6-4-13(16)5-7-14/h4-7H,2-3,8-12,15-16H2,1H3. The normalized spacial score (nSPS) is 10.6. The minimum absolute atomic E-state index is 0.759. The van der Waals surface area contributed by atoms with Crippen LogP contribution in [0.1, 0.15) is 19.8 Å². The van der Waals surface area contributed by atoms with Crippen LogP contribution < -0.4 is 16.4 Å². The van der Waals surface area contributed by atoms with Crippen molar-refractivity contribution in [2.75, 3.05) is 41.8 Å². The summed E-state index contributed by atoms with van der Waals surface area (Å²) >= 11 is 0. The molecule has 1 aromatic carbocycles. The fourth-order valence-electron chi connectivity index (χ4n) is 1.72. The minimum Gasteiger partial charge on any atom is -0.399 e. The highest BCUT2D eigenvalue weighted by molar-refractivity contribution is 8.76. The maximum absolute atomic E-state index is 5.74. The van der Waals surface area contributed by atoms with Crippen molar-refractivity contribution in [2.45, 2.75) is 19.8 Å². The fourth-order valence-corrected chi connectivity index (χ4v) is 3.56. The molecule has 0 bridgehead atoms. The summed E-state index contributed by atoms with van der Waals surface area (Å²) in [6, 6.07) is 8.18. The molecule has 5 heteroatoms. The predicted molar refractivity (Wildman–Crippen MR) is 91.9 cm³/mol. The van der Waals surface area contributed by atoms with Gasteiger partial charge in [0.1, 0.15) is 0 Å². The van der Waals surface area contributed by atoms with E-state index >= 15 is 0 Å². The summed E-state index contributed by atoms with van der Waals surface area (Å²) in [6.45, 7) is 5.18. The number of rotatable bonds is 10. The first-order valence-electron chi connectivity index (χ1n) is 6.83. The van der Waals surface area contributed by atoms with Crippen LogP contribution in [0.25, 0.3) is 0 Å². The molecule has 0 saturated carbocycles. The van der Waals surface area contributed by atoms with E-state index in [1.807, 2.05) is 33.7 Å². The SMILES string of the molecule is CCCCN(CCSSCCN)c1ccc(N)cc1. The third kappa shape index (κ3) is 6.99. The molecule has 0 amide bonds. The van der Waals surface area contributed by atoms with E-state index in [1.165, 1.54) is 18.5 Å². The zero-order valence-corrected chi connectivity index (χ0v) is 13.3. The van der Waals surface area contributed by atoms with E-state index < -0.39 is 0 Å². The zero-order chi connectivity index (χ0) is 13.9. The van der Waals surface area contributed by atoms with Gasteiger partial charge in [0.15, 0.2) is 0 Å². The lowest BCUT2D eigenvalue weighted by Crippen LogP contribution is -2.26. The lowest BCUT2D eigenvalue weighted by molar-refractivity contribution is 0.735. The Morgan fingerprint density at radius 1 is 1.05 bits per heavy atom. The zero-order valence-electron chi connectivity index (χ0n) is 11.7. The third-order valence-corrected chi connectivity index (χ3v) is 5.19. The first-order valence-corrected chi connectivity index (χ1v) is 9.31. The Morgan fingerprint density at radius 3 is 2.37 bits per heavy atom. The molecular weight excluding hydrogens is 274 g/mol. The van der Waals surface area contributed by atoms with Gasteiger partial charge in [0.05, 0.1) is 0 Å². The molecule has 1 rings (SSSR count). The number of hydrogen-bond acceptors (Lipinski definition) is 5. The van der Waals surface area contributed by atoms with Crippen molar-refractivity contribution in [2.24, 2.45) is 5.73 Å². The minimum atomic E-state index is 0.759. The maximum atomic E-state index is 5.74. The molecule has 0 aromatic heterocycles. The highest BCUT2D eigenvalue weighted by Crippen LogP contribution is 2.22. The van der Waals surface area contributed by atoms with Gasteiger partial charge in [-0.1, -0.05) is 34.9 Å². The van der Waals surface area contributed by atoms with E-state index in [1.54, 1.807) is 0 Å². The molecule has 0 spiro atoms. The molecule has 0 unspecified atom stereocenters. The Labute approximate surface area is 124 Å². The van der Waals surface area contributed by atoms with Crippen molar-refractivity contribution in [3.8, 4) is 0 Å². The van der Waals surface area contributed by atoms with Crippen molar-refractivity contribution in [1.29, 1.82) is 0 Å². The second-order valence-corrected chi connectivity index (χ2v) is 7.07. The van der Waals surface area contributed by atoms with Gasteiger partial charge >= 0.3 is 0 Å². The average molecular weight is 300 g/mol. The Kier molecular flexibility index (Phi) is 8.95. The van der Waals surface area contributed by atoms with Crippen molar-refractivity contribution < 1.29 is 0 Å². The topological polar surface area (TPSA) is 55.3 Å². The number of unbranched alkanes of at least 4 members (excludes halogenated alkanes) is 1. The average Bonchev–Trinajstić information content (AvgIpc) is 2.43. The lowest BCUT2D eigenvalue weighted by Gasteiger charge is -2.24. The monoisotopic (exact) mass is 299 g/mol. The molecule has 0 heterocycles. The largest absolute Gasteiger partial charge is 0.399 e. The second kappa shape index (κ2) is 10.3. The van der Waals surface area contributed by atoms with Crippen molar-refractivity contribution in [1.82, 2.24) is 0 Å². The number of nitrogen functional groups attached to an aromatic ring is 1. The van der Waals surface area contributed by atoms with Gasteiger partial charge in [-0.25, -0.2) is 0 Å². The van der Waals surface area contributed by atoms with Crippen LogP contribution in [0.5, 0.6) is 0 Å². The van der Waals surface area contributed by atoms with Crippen molar-refractivity contribution >= 4 is 33.0 Å². The van der Waals surface area contributed by atoms with Crippen LogP contribution in [0.15, 0.2) is 24.3 Å². The van der Waals surface area contributed by atoms with Crippen molar-refractivity contribution in [3.05, 3.63) is 24.3 Å². The summed E-state index contributed by atoms with van der Waals surface area (Å²) in [5, 5.41) is 0. The van der Waals surface area contributed by atoms with E-state index in [-0.39, 0.29) is 0 Å². The molecule has 0 aliphatic rings. The number of nitrogens with two attached hydrogens (primary N) is 2. The fraction of sp³-hybridized carbons (Fsp3) is 0.571. The van der Waals surface area contributed by atoms with Gasteiger partial charge in [-0.3, -0.25) is 0 Å². The van der Waals surface area contributed by atoms with Gasteiger partial charge in [-0.05, 0) is 30.7 Å². The first-order chi connectivity index (χ1) is 9.27. The molecule has 3 nitrogen and oxygen atoms in total. The van der Waals surface area contributed by atoms with Gasteiger partial charge in [-0.15, -0.1) is 0 Å². The van der Waals surface area contributed by atoms with Crippen molar-refractivity contribution in [3.63, 3.8) is 0 Å².